The molecule has 1 aromatic heterocycles. The normalized spacial score (nSPS) is 11.0. The molecule has 0 bridgehead atoms. The number of anilines is 1. The summed E-state index contributed by atoms with van der Waals surface area (Å²) in [5, 5.41) is 6.74. The molecule has 2 N–H and O–H groups in total. The molecule has 166 valence electrons. The fraction of sp³-hybridized carbons (Fsp3) is 0.478. The van der Waals surface area contributed by atoms with E-state index in [1.807, 2.05) is 29.7 Å². The van der Waals surface area contributed by atoms with Crippen LogP contribution in [0.25, 0.3) is 0 Å². The molecule has 0 saturated carbocycles. The van der Waals surface area contributed by atoms with Crippen molar-refractivity contribution in [3.05, 3.63) is 64.6 Å². The maximum Gasteiger partial charge on any atom is 0.250 e. The lowest BCUT2D eigenvalue weighted by Crippen LogP contribution is -2.39. The topological polar surface area (TPSA) is 61.7 Å². The fourth-order valence-electron chi connectivity index (χ4n) is 3.32. The average Bonchev–Trinajstić information content (AvgIpc) is 2.74. The summed E-state index contributed by atoms with van der Waals surface area (Å²) in [4.78, 5) is 18.6. The van der Waals surface area contributed by atoms with Gasteiger partial charge in [-0.3, -0.25) is 9.79 Å². The zero-order valence-electron chi connectivity index (χ0n) is 18.4. The van der Waals surface area contributed by atoms with Crippen molar-refractivity contribution >= 4 is 35.6 Å². The Balaban J connectivity index is 0.00000450. The van der Waals surface area contributed by atoms with E-state index in [9.17, 15) is 4.79 Å². The summed E-state index contributed by atoms with van der Waals surface area (Å²) in [6, 6.07) is 15.9. The van der Waals surface area contributed by atoms with E-state index in [0.29, 0.717) is 0 Å². The van der Waals surface area contributed by atoms with Gasteiger partial charge >= 0.3 is 0 Å². The number of benzene rings is 1. The van der Waals surface area contributed by atoms with Crippen LogP contribution in [0.1, 0.15) is 31.9 Å². The number of para-hydroxylation sites is 1. The van der Waals surface area contributed by atoms with E-state index in [0.717, 1.165) is 63.6 Å². The fourth-order valence-corrected chi connectivity index (χ4v) is 3.32. The molecule has 1 aromatic carbocycles. The number of nitrogens with zero attached hydrogens (tertiary/aromatic N) is 3. The van der Waals surface area contributed by atoms with Crippen molar-refractivity contribution in [3.63, 3.8) is 0 Å². The van der Waals surface area contributed by atoms with Crippen molar-refractivity contribution in [2.45, 2.75) is 39.7 Å². The Morgan fingerprint density at radius 1 is 1.00 bits per heavy atom. The highest BCUT2D eigenvalue weighted by Crippen LogP contribution is 2.12. The first kappa shape index (κ1) is 26.0. The molecule has 0 atom stereocenters. The monoisotopic (exact) mass is 525 g/mol. The van der Waals surface area contributed by atoms with Crippen molar-refractivity contribution < 1.29 is 0 Å². The second-order valence-electron chi connectivity index (χ2n) is 7.06. The van der Waals surface area contributed by atoms with Gasteiger partial charge < -0.3 is 20.1 Å². The van der Waals surface area contributed by atoms with Crippen LogP contribution in [0.15, 0.2) is 58.3 Å². The minimum absolute atomic E-state index is 0. The number of rotatable bonds is 11. The van der Waals surface area contributed by atoms with Gasteiger partial charge in [-0.2, -0.15) is 0 Å². The second kappa shape index (κ2) is 14.9. The predicted molar refractivity (Wildman–Crippen MR) is 138 cm³/mol. The number of guanidine groups is 1. The number of halogens is 1. The molecule has 0 unspecified atom stereocenters. The number of aromatic nitrogens is 1. The summed E-state index contributed by atoms with van der Waals surface area (Å²) in [5.74, 6) is 0.834. The van der Waals surface area contributed by atoms with Crippen molar-refractivity contribution in [2.24, 2.45) is 4.99 Å². The first-order chi connectivity index (χ1) is 14.2. The summed E-state index contributed by atoms with van der Waals surface area (Å²) >= 11 is 0. The highest BCUT2D eigenvalue weighted by atomic mass is 127. The smallest absolute Gasteiger partial charge is 0.250 e. The van der Waals surface area contributed by atoms with Gasteiger partial charge in [0.1, 0.15) is 0 Å². The third-order valence-corrected chi connectivity index (χ3v) is 4.99. The molecule has 0 radical (unpaired) electrons. The molecule has 0 fully saturated rings. The summed E-state index contributed by atoms with van der Waals surface area (Å²) < 4.78 is 1.83. The lowest BCUT2D eigenvalue weighted by Gasteiger charge is -2.23. The zero-order chi connectivity index (χ0) is 20.9. The van der Waals surface area contributed by atoms with E-state index in [1.165, 1.54) is 5.69 Å². The number of aliphatic imine (C=N–C) groups is 1. The van der Waals surface area contributed by atoms with E-state index in [-0.39, 0.29) is 29.5 Å². The van der Waals surface area contributed by atoms with Crippen molar-refractivity contribution in [3.8, 4) is 0 Å². The second-order valence-corrected chi connectivity index (χ2v) is 7.06. The van der Waals surface area contributed by atoms with Gasteiger partial charge in [-0.1, -0.05) is 24.3 Å². The third kappa shape index (κ3) is 8.77. The summed E-state index contributed by atoms with van der Waals surface area (Å²) in [6.45, 7) is 8.64. The Hall–Kier alpha value is -2.03. The maximum absolute atomic E-state index is 11.9. The molecular formula is C23H36IN5O. The van der Waals surface area contributed by atoms with Gasteiger partial charge in [0.2, 0.25) is 0 Å². The molecule has 6 nitrogen and oxygen atoms in total. The van der Waals surface area contributed by atoms with Gasteiger partial charge in [-0.05, 0) is 51.3 Å². The molecule has 0 amide bonds. The van der Waals surface area contributed by atoms with Gasteiger partial charge in [0, 0.05) is 57.2 Å². The Labute approximate surface area is 197 Å². The van der Waals surface area contributed by atoms with Crippen LogP contribution in [0.3, 0.4) is 0 Å². The van der Waals surface area contributed by atoms with Crippen LogP contribution in [0.2, 0.25) is 0 Å². The average molecular weight is 525 g/mol. The molecule has 0 saturated heterocycles. The van der Waals surface area contributed by atoms with E-state index >= 15 is 0 Å². The van der Waals surface area contributed by atoms with Gasteiger partial charge in [-0.25, -0.2) is 0 Å². The van der Waals surface area contributed by atoms with Crippen molar-refractivity contribution in [1.29, 1.82) is 0 Å². The highest BCUT2D eigenvalue weighted by Gasteiger charge is 2.04. The summed E-state index contributed by atoms with van der Waals surface area (Å²) in [7, 11) is 1.80. The number of unbranched alkanes of at least 4 members (excludes halogenated alkanes) is 1. The van der Waals surface area contributed by atoms with Gasteiger partial charge in [0.05, 0.1) is 0 Å². The van der Waals surface area contributed by atoms with Crippen LogP contribution < -0.4 is 21.1 Å². The van der Waals surface area contributed by atoms with Gasteiger partial charge in [0.25, 0.3) is 5.56 Å². The Bertz CT molecular complexity index is 807. The number of nitrogens with one attached hydrogen (secondary N) is 2. The van der Waals surface area contributed by atoms with Crippen molar-refractivity contribution in [2.75, 3.05) is 38.1 Å². The maximum atomic E-state index is 11.9. The molecule has 0 spiro atoms. The van der Waals surface area contributed by atoms with Crippen LogP contribution in [-0.4, -0.2) is 43.8 Å². The first-order valence-electron chi connectivity index (χ1n) is 10.6. The van der Waals surface area contributed by atoms with E-state index in [2.05, 4.69) is 51.7 Å². The largest absolute Gasteiger partial charge is 0.372 e. The minimum atomic E-state index is 0. The van der Waals surface area contributed by atoms with Crippen LogP contribution >= 0.6 is 24.0 Å². The van der Waals surface area contributed by atoms with Gasteiger partial charge in [0.15, 0.2) is 5.96 Å². The number of aryl methyl sites for hydroxylation is 1. The van der Waals surface area contributed by atoms with E-state index < -0.39 is 0 Å². The summed E-state index contributed by atoms with van der Waals surface area (Å²) in [6.07, 6.45) is 2.98. The molecule has 1 heterocycles. The van der Waals surface area contributed by atoms with E-state index in [1.54, 1.807) is 13.1 Å². The van der Waals surface area contributed by atoms with Gasteiger partial charge in [-0.15, -0.1) is 24.0 Å². The third-order valence-electron chi connectivity index (χ3n) is 4.99. The lowest BCUT2D eigenvalue weighted by atomic mass is 10.2. The number of pyridine rings is 1. The SMILES string of the molecule is CCN(CCCNC(=NC)NCCCCn1c(C)cccc1=O)c1ccccc1.I. The Morgan fingerprint density at radius 2 is 1.70 bits per heavy atom. The van der Waals surface area contributed by atoms with Crippen LogP contribution in [-0.2, 0) is 6.54 Å². The zero-order valence-corrected chi connectivity index (χ0v) is 20.8. The van der Waals surface area contributed by atoms with Crippen LogP contribution in [0.5, 0.6) is 0 Å². The molecule has 2 aromatic rings. The van der Waals surface area contributed by atoms with E-state index in [4.69, 9.17) is 0 Å². The molecule has 30 heavy (non-hydrogen) atoms. The quantitative estimate of drug-likeness (QED) is 0.204. The molecule has 2 rings (SSSR count). The molecule has 0 aliphatic heterocycles. The molecular weight excluding hydrogens is 489 g/mol. The molecule has 7 heteroatoms. The first-order valence-corrected chi connectivity index (χ1v) is 10.6. The number of hydrogen-bond acceptors (Lipinski definition) is 3. The Kier molecular flexibility index (Phi) is 12.9. The molecule has 0 aliphatic rings. The Morgan fingerprint density at radius 3 is 2.33 bits per heavy atom. The summed E-state index contributed by atoms with van der Waals surface area (Å²) in [5.41, 5.74) is 2.36. The lowest BCUT2D eigenvalue weighted by molar-refractivity contribution is 0.574. The minimum Gasteiger partial charge on any atom is -0.372 e. The van der Waals surface area contributed by atoms with Crippen LogP contribution in [0.4, 0.5) is 5.69 Å². The molecule has 0 aliphatic carbocycles. The standard InChI is InChI=1S/C23H35N5O.HI/c1-4-27(21-13-6-5-7-14-21)18-11-17-26-23(24-3)25-16-8-9-19-28-20(2)12-10-15-22(28)29;/h5-7,10,12-15H,4,8-9,11,16-19H2,1-3H3,(H2,24,25,26);1H. The van der Waals surface area contributed by atoms with Crippen molar-refractivity contribution in [1.82, 2.24) is 15.2 Å². The predicted octanol–water partition coefficient (Wildman–Crippen LogP) is 3.64. The van der Waals surface area contributed by atoms with Crippen LogP contribution in [0, 0.1) is 6.92 Å². The highest BCUT2D eigenvalue weighted by molar-refractivity contribution is 14.0. The number of hydrogen-bond donors (Lipinski definition) is 2.